The molecule has 3 aromatic rings. The molecule has 5 nitrogen and oxygen atoms in total. The number of carbonyl (C=O) groups is 1. The minimum absolute atomic E-state index is 0.260. The first-order valence-electron chi connectivity index (χ1n) is 8.64. The fourth-order valence-electron chi connectivity index (χ4n) is 2.60. The average Bonchev–Trinajstić information content (AvgIpc) is 3.10. The minimum Gasteiger partial charge on any atom is -0.325 e. The van der Waals surface area contributed by atoms with Crippen molar-refractivity contribution in [3.05, 3.63) is 69.6 Å². The third kappa shape index (κ3) is 5.73. The smallest absolute Gasteiger partial charge is 0.239 e. The topological polar surface area (TPSA) is 76.1 Å². The maximum atomic E-state index is 12.4. The zero-order chi connectivity index (χ0) is 20.1. The van der Waals surface area contributed by atoms with Gasteiger partial charge in [-0.2, -0.15) is 0 Å². The number of hydrogen-bond acceptors (Lipinski definition) is 5. The van der Waals surface area contributed by atoms with Crippen molar-refractivity contribution in [3.63, 3.8) is 0 Å². The van der Waals surface area contributed by atoms with Gasteiger partial charge < -0.3 is 5.32 Å². The molecular formula is C20H19BrN2O3S2. The van der Waals surface area contributed by atoms with E-state index in [1.807, 2.05) is 24.3 Å². The van der Waals surface area contributed by atoms with Crippen molar-refractivity contribution in [1.82, 2.24) is 4.98 Å². The molecule has 28 heavy (non-hydrogen) atoms. The summed E-state index contributed by atoms with van der Waals surface area (Å²) >= 11 is 4.71. The van der Waals surface area contributed by atoms with E-state index < -0.39 is 21.5 Å². The van der Waals surface area contributed by atoms with E-state index in [-0.39, 0.29) is 5.75 Å². The summed E-state index contributed by atoms with van der Waals surface area (Å²) in [5.41, 5.74) is 3.20. The van der Waals surface area contributed by atoms with Crippen molar-refractivity contribution in [1.29, 1.82) is 0 Å². The Morgan fingerprint density at radius 3 is 2.43 bits per heavy atom. The Labute approximate surface area is 176 Å². The van der Waals surface area contributed by atoms with Crippen LogP contribution < -0.4 is 5.32 Å². The first-order chi connectivity index (χ1) is 13.3. The number of nitrogens with zero attached hydrogens (tertiary/aromatic N) is 1. The first-order valence-corrected chi connectivity index (χ1v) is 12.1. The number of nitrogens with one attached hydrogen (secondary N) is 1. The van der Waals surface area contributed by atoms with E-state index in [0.29, 0.717) is 11.4 Å². The molecule has 0 saturated carbocycles. The van der Waals surface area contributed by atoms with Crippen LogP contribution in [0.5, 0.6) is 0 Å². The van der Waals surface area contributed by atoms with Crippen LogP contribution in [0.2, 0.25) is 0 Å². The number of carbonyl (C=O) groups excluding carboxylic acids is 1. The van der Waals surface area contributed by atoms with E-state index in [4.69, 9.17) is 0 Å². The highest BCUT2D eigenvalue weighted by Gasteiger charge is 2.19. The number of aromatic nitrogens is 1. The van der Waals surface area contributed by atoms with Crippen LogP contribution in [0.1, 0.15) is 18.2 Å². The van der Waals surface area contributed by atoms with Crippen molar-refractivity contribution in [2.45, 2.75) is 19.1 Å². The molecule has 1 aromatic heterocycles. The van der Waals surface area contributed by atoms with Crippen molar-refractivity contribution in [2.75, 3.05) is 11.1 Å². The number of sulfone groups is 1. The van der Waals surface area contributed by atoms with Crippen LogP contribution >= 0.6 is 27.3 Å². The molecule has 0 atom stereocenters. The molecule has 0 saturated heterocycles. The number of rotatable bonds is 7. The monoisotopic (exact) mass is 478 g/mol. The Hall–Kier alpha value is -2.03. The summed E-state index contributed by atoms with van der Waals surface area (Å²) in [5.74, 6) is -1.40. The number of halogens is 1. The van der Waals surface area contributed by atoms with Gasteiger partial charge in [-0.1, -0.05) is 47.1 Å². The highest BCUT2D eigenvalue weighted by atomic mass is 79.9. The molecule has 0 aliphatic heterocycles. The lowest BCUT2D eigenvalue weighted by Crippen LogP contribution is -2.24. The van der Waals surface area contributed by atoms with E-state index in [9.17, 15) is 13.2 Å². The number of aryl methyl sites for hydroxylation is 1. The van der Waals surface area contributed by atoms with E-state index >= 15 is 0 Å². The third-order valence-corrected chi connectivity index (χ3v) is 6.91. The molecule has 8 heteroatoms. The van der Waals surface area contributed by atoms with E-state index in [1.54, 1.807) is 29.6 Å². The number of hydrogen-bond donors (Lipinski definition) is 1. The Morgan fingerprint density at radius 2 is 1.79 bits per heavy atom. The maximum Gasteiger partial charge on any atom is 0.239 e. The van der Waals surface area contributed by atoms with Crippen molar-refractivity contribution in [2.24, 2.45) is 0 Å². The Bertz CT molecular complexity index is 1060. The predicted octanol–water partition coefficient (Wildman–Crippen LogP) is 4.69. The van der Waals surface area contributed by atoms with Gasteiger partial charge in [-0.05, 0) is 36.2 Å². The summed E-state index contributed by atoms with van der Waals surface area (Å²) in [5, 5.41) is 5.10. The Morgan fingerprint density at radius 1 is 1.11 bits per heavy atom. The Balaban J connectivity index is 1.62. The SMILES string of the molecule is CCc1ccc(-c2nc(CS(=O)(=O)CC(=O)Nc3ccc(Br)cc3)cs2)cc1. The van der Waals surface area contributed by atoms with Gasteiger partial charge in [0.05, 0.1) is 11.4 Å². The van der Waals surface area contributed by atoms with Crippen LogP contribution in [-0.2, 0) is 26.8 Å². The van der Waals surface area contributed by atoms with Gasteiger partial charge in [0.15, 0.2) is 9.84 Å². The van der Waals surface area contributed by atoms with Gasteiger partial charge in [-0.3, -0.25) is 4.79 Å². The summed E-state index contributed by atoms with van der Waals surface area (Å²) in [6, 6.07) is 15.0. The molecule has 0 fully saturated rings. The molecule has 3 rings (SSSR count). The Kier molecular flexibility index (Phi) is 6.64. The molecule has 1 N–H and O–H groups in total. The average molecular weight is 479 g/mol. The molecule has 1 amide bonds. The normalized spacial score (nSPS) is 11.4. The molecule has 0 spiro atoms. The second kappa shape index (κ2) is 8.98. The van der Waals surface area contributed by atoms with Crippen LogP contribution in [-0.4, -0.2) is 25.1 Å². The lowest BCUT2D eigenvalue weighted by atomic mass is 10.1. The summed E-state index contributed by atoms with van der Waals surface area (Å²) in [6.45, 7) is 2.09. The van der Waals surface area contributed by atoms with Gasteiger partial charge in [-0.25, -0.2) is 13.4 Å². The van der Waals surface area contributed by atoms with Crippen molar-refractivity contribution >= 4 is 48.7 Å². The standard InChI is InChI=1S/C20H19BrN2O3S2/c1-2-14-3-5-15(6-4-14)20-23-18(11-27-20)12-28(25,26)13-19(24)22-17-9-7-16(21)8-10-17/h3-11H,2,12-13H2,1H3,(H,22,24). The molecule has 0 unspecified atom stereocenters. The number of amides is 1. The highest BCUT2D eigenvalue weighted by molar-refractivity contribution is 9.10. The summed E-state index contributed by atoms with van der Waals surface area (Å²) < 4.78 is 25.6. The van der Waals surface area contributed by atoms with Gasteiger partial charge >= 0.3 is 0 Å². The molecule has 0 radical (unpaired) electrons. The van der Waals surface area contributed by atoms with Crippen LogP contribution in [0.15, 0.2) is 58.4 Å². The third-order valence-electron chi connectivity index (χ3n) is 4.01. The quantitative estimate of drug-likeness (QED) is 0.534. The zero-order valence-corrected chi connectivity index (χ0v) is 18.4. The van der Waals surface area contributed by atoms with Crippen molar-refractivity contribution in [3.8, 4) is 10.6 Å². The fraction of sp³-hybridized carbons (Fsp3) is 0.200. The van der Waals surface area contributed by atoms with Crippen LogP contribution in [0.25, 0.3) is 10.6 Å². The van der Waals surface area contributed by atoms with E-state index in [0.717, 1.165) is 21.5 Å². The van der Waals surface area contributed by atoms with Crippen LogP contribution in [0.3, 0.4) is 0 Å². The van der Waals surface area contributed by atoms with Crippen molar-refractivity contribution < 1.29 is 13.2 Å². The molecule has 0 aliphatic carbocycles. The minimum atomic E-state index is -3.62. The second-order valence-electron chi connectivity index (χ2n) is 6.28. The molecule has 1 heterocycles. The van der Waals surface area contributed by atoms with E-state index in [1.165, 1.54) is 16.9 Å². The van der Waals surface area contributed by atoms with E-state index in [2.05, 4.69) is 33.2 Å². The second-order valence-corrected chi connectivity index (χ2v) is 10.1. The lowest BCUT2D eigenvalue weighted by molar-refractivity contribution is -0.113. The molecule has 0 aliphatic rings. The molecule has 0 bridgehead atoms. The highest BCUT2D eigenvalue weighted by Crippen LogP contribution is 2.25. The molecule has 146 valence electrons. The maximum absolute atomic E-state index is 12.4. The number of benzene rings is 2. The van der Waals surface area contributed by atoms with Gasteiger partial charge in [0.2, 0.25) is 5.91 Å². The first kappa shape index (κ1) is 20.7. The van der Waals surface area contributed by atoms with Gasteiger partial charge in [0.1, 0.15) is 10.8 Å². The summed E-state index contributed by atoms with van der Waals surface area (Å²) in [6.07, 6.45) is 0.962. The van der Waals surface area contributed by atoms with Crippen LogP contribution in [0, 0.1) is 0 Å². The van der Waals surface area contributed by atoms with Gasteiger partial charge in [0, 0.05) is 21.1 Å². The van der Waals surface area contributed by atoms with Gasteiger partial charge in [0.25, 0.3) is 0 Å². The van der Waals surface area contributed by atoms with Crippen LogP contribution in [0.4, 0.5) is 5.69 Å². The summed E-state index contributed by atoms with van der Waals surface area (Å²) in [7, 11) is -3.62. The number of anilines is 1. The lowest BCUT2D eigenvalue weighted by Gasteiger charge is -2.06. The largest absolute Gasteiger partial charge is 0.325 e. The molecule has 2 aromatic carbocycles. The number of thiazole rings is 1. The molecular weight excluding hydrogens is 460 g/mol. The zero-order valence-electron chi connectivity index (χ0n) is 15.2. The summed E-state index contributed by atoms with van der Waals surface area (Å²) in [4.78, 5) is 16.5. The predicted molar refractivity (Wildman–Crippen MR) is 117 cm³/mol. The fourth-order valence-corrected chi connectivity index (χ4v) is 4.96. The van der Waals surface area contributed by atoms with Gasteiger partial charge in [-0.15, -0.1) is 11.3 Å².